The molecule has 0 aliphatic rings. The van der Waals surface area contributed by atoms with E-state index >= 15 is 0 Å². The molecule has 0 aliphatic heterocycles. The van der Waals surface area contributed by atoms with E-state index in [0.717, 1.165) is 17.5 Å². The Morgan fingerprint density at radius 2 is 2.14 bits per heavy atom. The molecule has 1 aromatic carbocycles. The number of phenols is 1. The number of Topliss-reactive ketones (excluding diaryl/α,β-unsaturated/α-hetero) is 1. The van der Waals surface area contributed by atoms with Gasteiger partial charge in [0.2, 0.25) is 0 Å². The molecule has 0 aliphatic carbocycles. The third-order valence-corrected chi connectivity index (χ3v) is 2.19. The van der Waals surface area contributed by atoms with E-state index < -0.39 is 0 Å². The topological polar surface area (TPSA) is 37.3 Å². The SMILES string of the molecule is CCCC(=O)Cc1ccc(O)c(C)c1. The van der Waals surface area contributed by atoms with Crippen LogP contribution in [0.5, 0.6) is 5.75 Å². The summed E-state index contributed by atoms with van der Waals surface area (Å²) in [6, 6.07) is 5.31. The van der Waals surface area contributed by atoms with Crippen LogP contribution < -0.4 is 0 Å². The highest BCUT2D eigenvalue weighted by Gasteiger charge is 2.03. The summed E-state index contributed by atoms with van der Waals surface area (Å²) in [4.78, 5) is 11.3. The van der Waals surface area contributed by atoms with Crippen LogP contribution in [0.1, 0.15) is 30.9 Å². The van der Waals surface area contributed by atoms with Gasteiger partial charge < -0.3 is 5.11 Å². The van der Waals surface area contributed by atoms with Crippen LogP contribution >= 0.6 is 0 Å². The normalized spacial score (nSPS) is 10.1. The summed E-state index contributed by atoms with van der Waals surface area (Å²) < 4.78 is 0. The molecule has 0 spiro atoms. The fraction of sp³-hybridized carbons (Fsp3) is 0.417. The molecular formula is C12H16O2. The highest BCUT2D eigenvalue weighted by Crippen LogP contribution is 2.17. The lowest BCUT2D eigenvalue weighted by Gasteiger charge is -2.03. The van der Waals surface area contributed by atoms with Crippen LogP contribution in [0.15, 0.2) is 18.2 Å². The molecule has 0 unspecified atom stereocenters. The molecule has 0 radical (unpaired) electrons. The second-order valence-corrected chi connectivity index (χ2v) is 3.59. The fourth-order valence-electron chi connectivity index (χ4n) is 1.42. The maximum absolute atomic E-state index is 11.3. The van der Waals surface area contributed by atoms with Crippen LogP contribution in [0, 0.1) is 6.92 Å². The van der Waals surface area contributed by atoms with E-state index in [-0.39, 0.29) is 11.5 Å². The number of phenolic OH excluding ortho intramolecular Hbond substituents is 1. The van der Waals surface area contributed by atoms with Crippen molar-refractivity contribution in [3.8, 4) is 5.75 Å². The minimum Gasteiger partial charge on any atom is -0.508 e. The second-order valence-electron chi connectivity index (χ2n) is 3.59. The first-order valence-electron chi connectivity index (χ1n) is 4.93. The molecule has 0 bridgehead atoms. The molecule has 14 heavy (non-hydrogen) atoms. The lowest BCUT2D eigenvalue weighted by molar-refractivity contribution is -0.118. The first-order chi connectivity index (χ1) is 6.63. The van der Waals surface area contributed by atoms with E-state index in [1.54, 1.807) is 12.1 Å². The summed E-state index contributed by atoms with van der Waals surface area (Å²) in [5, 5.41) is 9.30. The van der Waals surface area contributed by atoms with Gasteiger partial charge in [-0.2, -0.15) is 0 Å². The van der Waals surface area contributed by atoms with E-state index in [4.69, 9.17) is 0 Å². The molecule has 0 heterocycles. The predicted molar refractivity (Wildman–Crippen MR) is 56.5 cm³/mol. The Morgan fingerprint density at radius 1 is 1.43 bits per heavy atom. The van der Waals surface area contributed by atoms with Gasteiger partial charge in [0.1, 0.15) is 11.5 Å². The zero-order valence-corrected chi connectivity index (χ0v) is 8.71. The number of carbonyl (C=O) groups is 1. The predicted octanol–water partition coefficient (Wildman–Crippen LogP) is 2.61. The minimum atomic E-state index is 0.262. The molecule has 1 N–H and O–H groups in total. The number of aromatic hydroxyl groups is 1. The number of hydrogen-bond acceptors (Lipinski definition) is 2. The van der Waals surface area contributed by atoms with Crippen molar-refractivity contribution < 1.29 is 9.90 Å². The van der Waals surface area contributed by atoms with Crippen molar-refractivity contribution in [2.45, 2.75) is 33.1 Å². The highest BCUT2D eigenvalue weighted by atomic mass is 16.3. The Bertz CT molecular complexity index is 329. The molecular weight excluding hydrogens is 176 g/mol. The zero-order chi connectivity index (χ0) is 10.6. The lowest BCUT2D eigenvalue weighted by atomic mass is 10.0. The van der Waals surface area contributed by atoms with E-state index in [1.165, 1.54) is 0 Å². The number of rotatable bonds is 4. The van der Waals surface area contributed by atoms with Gasteiger partial charge in [-0.05, 0) is 30.5 Å². The van der Waals surface area contributed by atoms with Gasteiger partial charge in [-0.25, -0.2) is 0 Å². The summed E-state index contributed by atoms with van der Waals surface area (Å²) in [6.07, 6.45) is 2.02. The Balaban J connectivity index is 2.68. The Morgan fingerprint density at radius 3 is 2.71 bits per heavy atom. The fourth-order valence-corrected chi connectivity index (χ4v) is 1.42. The maximum Gasteiger partial charge on any atom is 0.137 e. The summed E-state index contributed by atoms with van der Waals surface area (Å²) in [5.41, 5.74) is 1.81. The Hall–Kier alpha value is -1.31. The second kappa shape index (κ2) is 4.80. The third-order valence-electron chi connectivity index (χ3n) is 2.19. The number of hydrogen-bond donors (Lipinski definition) is 1. The number of aryl methyl sites for hydroxylation is 1. The van der Waals surface area contributed by atoms with Crippen molar-refractivity contribution >= 4 is 5.78 Å². The van der Waals surface area contributed by atoms with Gasteiger partial charge >= 0.3 is 0 Å². The summed E-state index contributed by atoms with van der Waals surface area (Å²) in [6.45, 7) is 3.84. The minimum absolute atomic E-state index is 0.262. The van der Waals surface area contributed by atoms with E-state index in [2.05, 4.69) is 0 Å². The molecule has 2 heteroatoms. The van der Waals surface area contributed by atoms with Gasteiger partial charge in [0.25, 0.3) is 0 Å². The quantitative estimate of drug-likeness (QED) is 0.796. The Kier molecular flexibility index (Phi) is 3.69. The van der Waals surface area contributed by atoms with Crippen molar-refractivity contribution in [1.29, 1.82) is 0 Å². The van der Waals surface area contributed by atoms with Crippen LogP contribution in [0.25, 0.3) is 0 Å². The number of carbonyl (C=O) groups excluding carboxylic acids is 1. The maximum atomic E-state index is 11.3. The van der Waals surface area contributed by atoms with E-state index in [0.29, 0.717) is 12.8 Å². The standard InChI is InChI=1S/C12H16O2/c1-3-4-11(13)8-10-5-6-12(14)9(2)7-10/h5-7,14H,3-4,8H2,1-2H3. The van der Waals surface area contributed by atoms with Crippen molar-refractivity contribution in [1.82, 2.24) is 0 Å². The molecule has 0 aromatic heterocycles. The molecule has 1 aromatic rings. The molecule has 0 saturated carbocycles. The van der Waals surface area contributed by atoms with Crippen LogP contribution in [0.3, 0.4) is 0 Å². The summed E-state index contributed by atoms with van der Waals surface area (Å²) in [5.74, 6) is 0.550. The van der Waals surface area contributed by atoms with Gasteiger partial charge in [-0.1, -0.05) is 19.1 Å². The van der Waals surface area contributed by atoms with E-state index in [1.807, 2.05) is 19.9 Å². The largest absolute Gasteiger partial charge is 0.508 e. The zero-order valence-electron chi connectivity index (χ0n) is 8.71. The van der Waals surface area contributed by atoms with Gasteiger partial charge in [-0.3, -0.25) is 4.79 Å². The summed E-state index contributed by atoms with van der Waals surface area (Å²) in [7, 11) is 0. The molecule has 1 rings (SSSR count). The first kappa shape index (κ1) is 10.8. The van der Waals surface area contributed by atoms with Crippen molar-refractivity contribution in [2.75, 3.05) is 0 Å². The molecule has 0 saturated heterocycles. The van der Waals surface area contributed by atoms with Gasteiger partial charge in [0.05, 0.1) is 0 Å². The van der Waals surface area contributed by atoms with Crippen molar-refractivity contribution in [3.05, 3.63) is 29.3 Å². The first-order valence-corrected chi connectivity index (χ1v) is 4.93. The van der Waals surface area contributed by atoms with Gasteiger partial charge in [0.15, 0.2) is 0 Å². The molecule has 0 amide bonds. The molecule has 0 atom stereocenters. The van der Waals surface area contributed by atoms with Crippen molar-refractivity contribution in [3.63, 3.8) is 0 Å². The highest BCUT2D eigenvalue weighted by molar-refractivity contribution is 5.80. The van der Waals surface area contributed by atoms with Gasteiger partial charge in [-0.15, -0.1) is 0 Å². The monoisotopic (exact) mass is 192 g/mol. The average Bonchev–Trinajstić information content (AvgIpc) is 2.12. The van der Waals surface area contributed by atoms with Gasteiger partial charge in [0, 0.05) is 12.8 Å². The summed E-state index contributed by atoms with van der Waals surface area (Å²) >= 11 is 0. The third kappa shape index (κ3) is 2.87. The van der Waals surface area contributed by atoms with Crippen LogP contribution in [0.2, 0.25) is 0 Å². The van der Waals surface area contributed by atoms with Crippen LogP contribution in [0.4, 0.5) is 0 Å². The molecule has 0 fully saturated rings. The smallest absolute Gasteiger partial charge is 0.137 e. The van der Waals surface area contributed by atoms with E-state index in [9.17, 15) is 9.90 Å². The molecule has 76 valence electrons. The lowest BCUT2D eigenvalue weighted by Crippen LogP contribution is -2.01. The average molecular weight is 192 g/mol. The number of benzene rings is 1. The number of ketones is 1. The Labute approximate surface area is 84.6 Å². The van der Waals surface area contributed by atoms with Crippen LogP contribution in [-0.2, 0) is 11.2 Å². The molecule has 2 nitrogen and oxygen atoms in total. The van der Waals surface area contributed by atoms with Crippen molar-refractivity contribution in [2.24, 2.45) is 0 Å². The van der Waals surface area contributed by atoms with Crippen LogP contribution in [-0.4, -0.2) is 10.9 Å².